The van der Waals surface area contributed by atoms with Crippen LogP contribution < -0.4 is 4.74 Å². The number of benzene rings is 2. The van der Waals surface area contributed by atoms with E-state index in [9.17, 15) is 4.79 Å². The van der Waals surface area contributed by atoms with Crippen molar-refractivity contribution in [3.8, 4) is 17.1 Å². The molecule has 2 fully saturated rings. The molecule has 150 valence electrons. The van der Waals surface area contributed by atoms with Gasteiger partial charge in [-0.15, -0.1) is 0 Å². The molecule has 0 radical (unpaired) electrons. The Morgan fingerprint density at radius 1 is 1.21 bits per heavy atom. The summed E-state index contributed by atoms with van der Waals surface area (Å²) in [7, 11) is 0. The zero-order chi connectivity index (χ0) is 20.1. The molecule has 3 aromatic rings. The van der Waals surface area contributed by atoms with Crippen molar-refractivity contribution in [2.75, 3.05) is 19.7 Å². The van der Waals surface area contributed by atoms with Crippen LogP contribution in [0.5, 0.6) is 5.75 Å². The van der Waals surface area contributed by atoms with E-state index in [1.165, 1.54) is 0 Å². The Bertz CT molecular complexity index is 1050. The molecule has 1 N–H and O–H groups in total. The molecule has 2 saturated heterocycles. The zero-order valence-corrected chi connectivity index (χ0v) is 17.4. The monoisotopic (exact) mass is 430 g/mol. The van der Waals surface area contributed by atoms with Gasteiger partial charge in [0.2, 0.25) is 0 Å². The van der Waals surface area contributed by atoms with Gasteiger partial charge in [0.1, 0.15) is 11.6 Å². The van der Waals surface area contributed by atoms with Crippen molar-refractivity contribution in [2.24, 2.45) is 0 Å². The van der Waals surface area contributed by atoms with Gasteiger partial charge in [0, 0.05) is 18.7 Å². The molecule has 2 aliphatic rings. The van der Waals surface area contributed by atoms with Crippen molar-refractivity contribution in [1.82, 2.24) is 20.0 Å². The lowest BCUT2D eigenvalue weighted by atomic mass is 10.1. The molecule has 1 amide bonds. The number of fused-ring (bicyclic) bond motifs is 3. The highest BCUT2D eigenvalue weighted by atomic mass is 35.5. The number of carbonyl (C=O) groups is 1. The molecule has 2 aromatic carbocycles. The Kier molecular flexibility index (Phi) is 4.65. The average Bonchev–Trinajstić information content (AvgIpc) is 3.42. The first kappa shape index (κ1) is 18.7. The van der Waals surface area contributed by atoms with Crippen molar-refractivity contribution in [3.63, 3.8) is 0 Å². The molecule has 0 unspecified atom stereocenters. The maximum absolute atomic E-state index is 13.1. The van der Waals surface area contributed by atoms with E-state index in [1.54, 1.807) is 12.1 Å². The third-order valence-corrected chi connectivity index (χ3v) is 6.33. The summed E-state index contributed by atoms with van der Waals surface area (Å²) in [6, 6.07) is 9.34. The lowest BCUT2D eigenvalue weighted by Gasteiger charge is -2.24. The van der Waals surface area contributed by atoms with Gasteiger partial charge in [-0.05, 0) is 50.1 Å². The van der Waals surface area contributed by atoms with Crippen LogP contribution in [0.1, 0.15) is 30.1 Å². The Labute approximate surface area is 178 Å². The number of ether oxygens (including phenoxy) is 1. The topological polar surface area (TPSA) is 61.5 Å². The molecule has 6 nitrogen and oxygen atoms in total. The molecule has 3 heterocycles. The molecule has 0 saturated carbocycles. The lowest BCUT2D eigenvalue weighted by molar-refractivity contribution is 0.0334. The van der Waals surface area contributed by atoms with Crippen LogP contribution >= 0.6 is 23.2 Å². The first-order valence-electron chi connectivity index (χ1n) is 9.75. The summed E-state index contributed by atoms with van der Waals surface area (Å²) < 4.78 is 5.86. The number of hydrogen-bond donors (Lipinski definition) is 1. The number of piperidine rings is 1. The van der Waals surface area contributed by atoms with E-state index >= 15 is 0 Å². The van der Waals surface area contributed by atoms with Gasteiger partial charge in [0.05, 0.1) is 39.3 Å². The number of amides is 1. The fraction of sp³-hybridized carbons (Fsp3) is 0.333. The molecule has 2 aliphatic heterocycles. The first-order chi connectivity index (χ1) is 14.0. The number of halogens is 2. The first-order valence-corrected chi connectivity index (χ1v) is 10.5. The van der Waals surface area contributed by atoms with Crippen LogP contribution in [0.25, 0.3) is 22.4 Å². The van der Waals surface area contributed by atoms with Gasteiger partial charge in [-0.2, -0.15) is 0 Å². The standard InChI is InChI=1S/C21H20Cl2N4O2/c1-2-29-19-9-12(21(28)27-13-5-7-26(27)8-6-13)3-4-14(19)20-24-17-10-15(22)16(23)11-18(17)25-20/h3-4,9-11,13H,2,5-8H2,1H3,(H,24,25). The smallest absolute Gasteiger partial charge is 0.268 e. The number of H-pyrrole nitrogens is 1. The average molecular weight is 431 g/mol. The SMILES string of the molecule is CCOc1cc(C(=O)N2C3CCN2CC3)ccc1-c1nc2cc(Cl)c(Cl)cc2[nH]1. The highest BCUT2D eigenvalue weighted by molar-refractivity contribution is 6.42. The molecule has 29 heavy (non-hydrogen) atoms. The van der Waals surface area contributed by atoms with Gasteiger partial charge in [-0.1, -0.05) is 23.2 Å². The summed E-state index contributed by atoms with van der Waals surface area (Å²) in [4.78, 5) is 21.0. The van der Waals surface area contributed by atoms with Gasteiger partial charge in [-0.25, -0.2) is 9.99 Å². The molecule has 8 heteroatoms. The number of hydrazine groups is 1. The molecule has 5 rings (SSSR count). The van der Waals surface area contributed by atoms with Crippen molar-refractivity contribution in [1.29, 1.82) is 0 Å². The predicted octanol–water partition coefficient (Wildman–Crippen LogP) is 4.77. The van der Waals surface area contributed by atoms with Gasteiger partial charge in [0.15, 0.2) is 0 Å². The lowest BCUT2D eigenvalue weighted by Crippen LogP contribution is -2.38. The van der Waals surface area contributed by atoms with Crippen LogP contribution in [0.3, 0.4) is 0 Å². The number of aromatic nitrogens is 2. The van der Waals surface area contributed by atoms with E-state index in [2.05, 4.69) is 15.0 Å². The van der Waals surface area contributed by atoms with Crippen LogP contribution in [-0.2, 0) is 0 Å². The van der Waals surface area contributed by atoms with Crippen LogP contribution in [0, 0.1) is 0 Å². The molecule has 0 aliphatic carbocycles. The van der Waals surface area contributed by atoms with Crippen molar-refractivity contribution in [2.45, 2.75) is 25.8 Å². The zero-order valence-electron chi connectivity index (χ0n) is 15.9. The fourth-order valence-electron chi connectivity index (χ4n) is 4.23. The summed E-state index contributed by atoms with van der Waals surface area (Å²) in [6.45, 7) is 4.32. The molecule has 0 atom stereocenters. The summed E-state index contributed by atoms with van der Waals surface area (Å²) in [5.41, 5.74) is 2.92. The van der Waals surface area contributed by atoms with E-state index in [0.29, 0.717) is 39.8 Å². The highest BCUT2D eigenvalue weighted by Crippen LogP contribution is 2.35. The summed E-state index contributed by atoms with van der Waals surface area (Å²) in [5.74, 6) is 1.29. The fourth-order valence-corrected chi connectivity index (χ4v) is 4.55. The van der Waals surface area contributed by atoms with Crippen LogP contribution in [0.4, 0.5) is 0 Å². The minimum Gasteiger partial charge on any atom is -0.493 e. The quantitative estimate of drug-likeness (QED) is 0.647. The van der Waals surface area contributed by atoms with E-state index in [1.807, 2.05) is 30.1 Å². The van der Waals surface area contributed by atoms with E-state index in [4.69, 9.17) is 27.9 Å². The van der Waals surface area contributed by atoms with Gasteiger partial charge in [0.25, 0.3) is 5.91 Å². The number of nitrogens with one attached hydrogen (secondary N) is 1. The van der Waals surface area contributed by atoms with Gasteiger partial charge >= 0.3 is 0 Å². The van der Waals surface area contributed by atoms with Gasteiger partial charge in [-0.3, -0.25) is 9.80 Å². The molecule has 0 spiro atoms. The molecule has 1 aromatic heterocycles. The maximum atomic E-state index is 13.1. The second-order valence-corrected chi connectivity index (χ2v) is 8.16. The normalized spacial score (nSPS) is 20.6. The van der Waals surface area contributed by atoms with Crippen LogP contribution in [-0.4, -0.2) is 51.6 Å². The number of nitrogens with zero attached hydrogens (tertiary/aromatic N) is 3. The molecular formula is C21H20Cl2N4O2. The Hall–Kier alpha value is -2.28. The number of carbonyl (C=O) groups excluding carboxylic acids is 1. The number of aromatic amines is 1. The van der Waals surface area contributed by atoms with Crippen molar-refractivity contribution in [3.05, 3.63) is 45.9 Å². The summed E-state index contributed by atoms with van der Waals surface area (Å²) in [6.07, 6.45) is 2.10. The number of hydrogen-bond acceptors (Lipinski definition) is 4. The summed E-state index contributed by atoms with van der Waals surface area (Å²) in [5, 5.41) is 4.98. The second-order valence-electron chi connectivity index (χ2n) is 7.35. The maximum Gasteiger partial charge on any atom is 0.268 e. The van der Waals surface area contributed by atoms with Crippen LogP contribution in [0.15, 0.2) is 30.3 Å². The van der Waals surface area contributed by atoms with E-state index < -0.39 is 0 Å². The summed E-state index contributed by atoms with van der Waals surface area (Å²) >= 11 is 12.2. The predicted molar refractivity (Wildman–Crippen MR) is 113 cm³/mol. The number of imidazole rings is 1. The Balaban J connectivity index is 1.53. The Morgan fingerprint density at radius 3 is 2.66 bits per heavy atom. The minimum atomic E-state index is 0.0284. The van der Waals surface area contributed by atoms with E-state index in [-0.39, 0.29) is 5.91 Å². The largest absolute Gasteiger partial charge is 0.493 e. The molecular weight excluding hydrogens is 411 g/mol. The van der Waals surface area contributed by atoms with Crippen LogP contribution in [0.2, 0.25) is 10.0 Å². The highest BCUT2D eigenvalue weighted by Gasteiger charge is 2.41. The second kappa shape index (κ2) is 7.20. The third-order valence-electron chi connectivity index (χ3n) is 5.61. The van der Waals surface area contributed by atoms with Crippen molar-refractivity contribution < 1.29 is 9.53 Å². The minimum absolute atomic E-state index is 0.0284. The van der Waals surface area contributed by atoms with E-state index in [0.717, 1.165) is 42.5 Å². The third kappa shape index (κ3) is 3.16. The molecule has 2 bridgehead atoms. The number of rotatable bonds is 4. The van der Waals surface area contributed by atoms with Crippen molar-refractivity contribution >= 4 is 40.1 Å². The van der Waals surface area contributed by atoms with Gasteiger partial charge < -0.3 is 9.72 Å². The Morgan fingerprint density at radius 2 is 1.97 bits per heavy atom.